The van der Waals surface area contributed by atoms with Crippen molar-refractivity contribution in [3.63, 3.8) is 0 Å². The van der Waals surface area contributed by atoms with Crippen LogP contribution in [-0.2, 0) is 6.42 Å². The minimum absolute atomic E-state index is 0.117. The van der Waals surface area contributed by atoms with E-state index in [1.54, 1.807) is 0 Å². The molecule has 0 aliphatic carbocycles. The van der Waals surface area contributed by atoms with E-state index in [0.717, 1.165) is 16.8 Å². The Morgan fingerprint density at radius 2 is 2.21 bits per heavy atom. The normalized spacial score (nSPS) is 11.5. The van der Waals surface area contributed by atoms with E-state index >= 15 is 0 Å². The third kappa shape index (κ3) is 2.17. The molecule has 7 heteroatoms. The van der Waals surface area contributed by atoms with Gasteiger partial charge in [-0.1, -0.05) is 13.8 Å². The molecule has 2 N–H and O–H groups in total. The molecule has 0 aliphatic rings. The molecule has 0 radical (unpaired) electrons. The highest BCUT2D eigenvalue weighted by Gasteiger charge is 2.14. The van der Waals surface area contributed by atoms with E-state index in [1.165, 1.54) is 17.7 Å². The van der Waals surface area contributed by atoms with Gasteiger partial charge in [0.1, 0.15) is 11.2 Å². The Hall–Kier alpha value is -2.02. The Balaban J connectivity index is 2.16. The second kappa shape index (κ2) is 4.58. The zero-order valence-electron chi connectivity index (χ0n) is 10.6. The third-order valence-corrected chi connectivity index (χ3v) is 3.71. The first-order valence-electron chi connectivity index (χ1n) is 6.02. The van der Waals surface area contributed by atoms with Gasteiger partial charge >= 0.3 is 0 Å². The van der Waals surface area contributed by atoms with Crippen molar-refractivity contribution in [2.45, 2.75) is 20.3 Å². The topological polar surface area (TPSA) is 87.3 Å². The van der Waals surface area contributed by atoms with Gasteiger partial charge in [0.05, 0.1) is 5.39 Å². The molecular weight excluding hydrogens is 262 g/mol. The minimum Gasteiger partial charge on any atom is -0.325 e. The van der Waals surface area contributed by atoms with Crippen molar-refractivity contribution < 1.29 is 0 Å². The second-order valence-corrected chi connectivity index (χ2v) is 5.65. The van der Waals surface area contributed by atoms with Crippen molar-refractivity contribution in [1.82, 2.24) is 25.1 Å². The van der Waals surface area contributed by atoms with E-state index in [-0.39, 0.29) is 5.56 Å². The van der Waals surface area contributed by atoms with E-state index in [1.807, 2.05) is 5.38 Å². The van der Waals surface area contributed by atoms with Crippen LogP contribution in [0.25, 0.3) is 21.9 Å². The van der Waals surface area contributed by atoms with Gasteiger partial charge < -0.3 is 9.97 Å². The number of nitrogens with zero attached hydrogens (tertiary/aromatic N) is 3. The summed E-state index contributed by atoms with van der Waals surface area (Å²) in [5.74, 6) is 1.40. The molecule has 0 spiro atoms. The molecule has 0 saturated carbocycles. The molecule has 0 aromatic carbocycles. The number of aromatic amines is 2. The monoisotopic (exact) mass is 275 g/mol. The molecular formula is C12H13N5OS. The van der Waals surface area contributed by atoms with Crippen LogP contribution in [0.1, 0.15) is 19.4 Å². The van der Waals surface area contributed by atoms with Crippen LogP contribution < -0.4 is 5.56 Å². The molecule has 0 saturated heterocycles. The minimum atomic E-state index is -0.117. The smallest absolute Gasteiger partial charge is 0.260 e. The summed E-state index contributed by atoms with van der Waals surface area (Å²) in [6, 6.07) is 0. The molecule has 0 fully saturated rings. The number of rotatable bonds is 3. The van der Waals surface area contributed by atoms with Gasteiger partial charge in [-0.2, -0.15) is 0 Å². The van der Waals surface area contributed by atoms with Crippen molar-refractivity contribution in [3.05, 3.63) is 27.6 Å². The lowest BCUT2D eigenvalue weighted by molar-refractivity contribution is 0.651. The van der Waals surface area contributed by atoms with Crippen LogP contribution >= 0.6 is 11.3 Å². The summed E-state index contributed by atoms with van der Waals surface area (Å²) >= 11 is 1.49. The number of aromatic nitrogens is 5. The van der Waals surface area contributed by atoms with Crippen LogP contribution in [0.5, 0.6) is 0 Å². The number of hydrogen-bond donors (Lipinski definition) is 2. The first-order chi connectivity index (χ1) is 9.15. The van der Waals surface area contributed by atoms with E-state index in [2.05, 4.69) is 39.0 Å². The Morgan fingerprint density at radius 1 is 1.37 bits per heavy atom. The molecule has 19 heavy (non-hydrogen) atoms. The molecule has 0 bridgehead atoms. The standard InChI is InChI=1S/C12H13N5OS/c1-6(2)3-7-4-19-12-8(7)11(18)15-10(16-12)9-13-5-14-17-9/h4-6H,3H2,1-2H3,(H,13,14,17)(H,15,16,18). The van der Waals surface area contributed by atoms with Crippen molar-refractivity contribution in [1.29, 1.82) is 0 Å². The van der Waals surface area contributed by atoms with Crippen molar-refractivity contribution >= 4 is 21.6 Å². The van der Waals surface area contributed by atoms with Gasteiger partial charge in [-0.15, -0.1) is 21.5 Å². The van der Waals surface area contributed by atoms with E-state index < -0.39 is 0 Å². The van der Waals surface area contributed by atoms with E-state index in [9.17, 15) is 4.79 Å². The molecule has 0 amide bonds. The lowest BCUT2D eigenvalue weighted by Gasteiger charge is -2.02. The number of thiophene rings is 1. The fourth-order valence-corrected chi connectivity index (χ4v) is 2.98. The number of fused-ring (bicyclic) bond motifs is 1. The van der Waals surface area contributed by atoms with Crippen LogP contribution in [0.15, 0.2) is 16.5 Å². The van der Waals surface area contributed by atoms with Crippen molar-refractivity contribution in [2.24, 2.45) is 5.92 Å². The number of hydrogen-bond acceptors (Lipinski definition) is 5. The first kappa shape index (κ1) is 12.0. The van der Waals surface area contributed by atoms with Gasteiger partial charge in [0.2, 0.25) is 0 Å². The van der Waals surface area contributed by atoms with Crippen LogP contribution in [-0.4, -0.2) is 25.1 Å². The van der Waals surface area contributed by atoms with Gasteiger partial charge in [-0.3, -0.25) is 4.79 Å². The average Bonchev–Trinajstić information content (AvgIpc) is 2.97. The molecule has 3 aromatic rings. The highest BCUT2D eigenvalue weighted by atomic mass is 32.1. The van der Waals surface area contributed by atoms with Gasteiger partial charge in [0.25, 0.3) is 5.56 Å². The van der Waals surface area contributed by atoms with E-state index in [0.29, 0.717) is 23.0 Å². The van der Waals surface area contributed by atoms with Gasteiger partial charge in [0.15, 0.2) is 11.6 Å². The molecule has 3 rings (SSSR count). The van der Waals surface area contributed by atoms with Crippen LogP contribution in [0.2, 0.25) is 0 Å². The highest BCUT2D eigenvalue weighted by molar-refractivity contribution is 7.16. The lowest BCUT2D eigenvalue weighted by atomic mass is 10.0. The van der Waals surface area contributed by atoms with E-state index in [4.69, 9.17) is 0 Å². The largest absolute Gasteiger partial charge is 0.325 e. The van der Waals surface area contributed by atoms with Gasteiger partial charge in [0, 0.05) is 0 Å². The molecule has 3 heterocycles. The summed E-state index contributed by atoms with van der Waals surface area (Å²) in [5.41, 5.74) is 0.946. The molecule has 0 aliphatic heterocycles. The van der Waals surface area contributed by atoms with Crippen LogP contribution in [0.3, 0.4) is 0 Å². The molecule has 98 valence electrons. The zero-order chi connectivity index (χ0) is 13.4. The number of nitrogens with one attached hydrogen (secondary N) is 2. The molecule has 0 unspecified atom stereocenters. The predicted octanol–water partition coefficient (Wildman–Crippen LogP) is 1.97. The maximum Gasteiger partial charge on any atom is 0.260 e. The quantitative estimate of drug-likeness (QED) is 0.765. The van der Waals surface area contributed by atoms with Crippen LogP contribution in [0, 0.1) is 5.92 Å². The third-order valence-electron chi connectivity index (χ3n) is 2.79. The fraction of sp³-hybridized carbons (Fsp3) is 0.333. The predicted molar refractivity (Wildman–Crippen MR) is 74.2 cm³/mol. The van der Waals surface area contributed by atoms with Crippen molar-refractivity contribution in [2.75, 3.05) is 0 Å². The SMILES string of the molecule is CC(C)Cc1csc2nc(-c3nnc[nH]3)[nH]c(=O)c12. The molecule has 3 aromatic heterocycles. The Labute approximate surface area is 112 Å². The summed E-state index contributed by atoms with van der Waals surface area (Å²) in [7, 11) is 0. The summed E-state index contributed by atoms with van der Waals surface area (Å²) in [6.07, 6.45) is 2.34. The average molecular weight is 275 g/mol. The van der Waals surface area contributed by atoms with Crippen LogP contribution in [0.4, 0.5) is 0 Å². The number of H-pyrrole nitrogens is 2. The summed E-state index contributed by atoms with van der Waals surface area (Å²) < 4.78 is 0. The maximum atomic E-state index is 12.2. The second-order valence-electron chi connectivity index (χ2n) is 4.79. The fourth-order valence-electron chi connectivity index (χ4n) is 2.03. The maximum absolute atomic E-state index is 12.2. The zero-order valence-corrected chi connectivity index (χ0v) is 11.4. The summed E-state index contributed by atoms with van der Waals surface area (Å²) in [4.78, 5) is 23.0. The molecule has 0 atom stereocenters. The summed E-state index contributed by atoms with van der Waals surface area (Å²) in [5, 5.41) is 10.3. The Morgan fingerprint density at radius 3 is 2.89 bits per heavy atom. The molecule has 6 nitrogen and oxygen atoms in total. The highest BCUT2D eigenvalue weighted by Crippen LogP contribution is 2.24. The summed E-state index contributed by atoms with van der Waals surface area (Å²) in [6.45, 7) is 4.27. The van der Waals surface area contributed by atoms with Crippen molar-refractivity contribution in [3.8, 4) is 11.6 Å². The van der Waals surface area contributed by atoms with Gasteiger partial charge in [-0.25, -0.2) is 4.98 Å². The Bertz CT molecular complexity index is 756. The Kier molecular flexibility index (Phi) is 2.90. The van der Waals surface area contributed by atoms with Gasteiger partial charge in [-0.05, 0) is 23.3 Å². The first-order valence-corrected chi connectivity index (χ1v) is 6.90. The lowest BCUT2D eigenvalue weighted by Crippen LogP contribution is -2.11.